The number of rotatable bonds is 6. The molecule has 0 radical (unpaired) electrons. The van der Waals surface area contributed by atoms with Gasteiger partial charge < -0.3 is 4.79 Å². The topological polar surface area (TPSA) is 57.7 Å². The Kier molecular flexibility index (Phi) is 6.24. The van der Waals surface area contributed by atoms with Gasteiger partial charge in [-0.2, -0.15) is 4.31 Å². The average Bonchev–Trinajstić information content (AvgIpc) is 2.78. The Hall–Kier alpha value is -2.19. The van der Waals surface area contributed by atoms with Gasteiger partial charge in [0.15, 0.2) is 0 Å². The van der Waals surface area contributed by atoms with Crippen molar-refractivity contribution >= 4 is 38.8 Å². The smallest absolute Gasteiger partial charge is 0.243 e. The largest absolute Gasteiger partial charge is 0.301 e. The van der Waals surface area contributed by atoms with Gasteiger partial charge in [-0.25, -0.2) is 8.42 Å². The molecule has 1 fully saturated rings. The number of sulfonamides is 1. The van der Waals surface area contributed by atoms with Crippen molar-refractivity contribution in [3.05, 3.63) is 72.3 Å². The quantitative estimate of drug-likeness (QED) is 0.431. The van der Waals surface area contributed by atoms with E-state index in [1.54, 1.807) is 12.1 Å². The Morgan fingerprint density at radius 3 is 2.23 bits per heavy atom. The first-order valence-corrected chi connectivity index (χ1v) is 12.2. The van der Waals surface area contributed by atoms with Crippen molar-refractivity contribution in [2.75, 3.05) is 26.2 Å². The lowest BCUT2D eigenvalue weighted by molar-refractivity contribution is -0.110. The molecular weight excluding hydrogens is 416 g/mol. The van der Waals surface area contributed by atoms with Crippen molar-refractivity contribution in [3.8, 4) is 0 Å². The number of thioether (sulfide) groups is 1. The monoisotopic (exact) mass is 440 g/mol. The first-order valence-electron chi connectivity index (χ1n) is 9.89. The predicted octanol–water partition coefficient (Wildman–Crippen LogP) is 3.77. The number of carbonyl (C=O) groups is 1. The van der Waals surface area contributed by atoms with E-state index in [2.05, 4.69) is 0 Å². The van der Waals surface area contributed by atoms with Gasteiger partial charge in [0.1, 0.15) is 11.7 Å². The minimum absolute atomic E-state index is 0.315. The number of carbonyl (C=O) groups excluding carboxylic acids is 1. The van der Waals surface area contributed by atoms with E-state index in [4.69, 9.17) is 0 Å². The molecule has 1 saturated heterocycles. The second-order valence-corrected chi connectivity index (χ2v) is 10.5. The number of piperazine rings is 1. The summed E-state index contributed by atoms with van der Waals surface area (Å²) in [7, 11) is -3.56. The van der Waals surface area contributed by atoms with Gasteiger partial charge in [-0.1, -0.05) is 59.8 Å². The molecule has 1 aliphatic rings. The SMILES string of the molecule is Cc1ccc(SC(C=O)N2CCN(S(=O)(=O)c3ccc4ccccc4c3)CC2)cc1. The molecule has 1 unspecified atom stereocenters. The van der Waals surface area contributed by atoms with Gasteiger partial charge in [-0.15, -0.1) is 0 Å². The summed E-state index contributed by atoms with van der Waals surface area (Å²) in [5.41, 5.74) is 1.18. The molecule has 1 heterocycles. The van der Waals surface area contributed by atoms with Gasteiger partial charge in [0.2, 0.25) is 10.0 Å². The van der Waals surface area contributed by atoms with Crippen molar-refractivity contribution in [2.24, 2.45) is 0 Å². The van der Waals surface area contributed by atoms with E-state index in [-0.39, 0.29) is 5.37 Å². The number of hydrogen-bond donors (Lipinski definition) is 0. The highest BCUT2D eigenvalue weighted by Crippen LogP contribution is 2.27. The normalized spacial score (nSPS) is 17.1. The Morgan fingerprint density at radius 1 is 0.900 bits per heavy atom. The molecule has 3 aromatic carbocycles. The van der Waals surface area contributed by atoms with Crippen LogP contribution < -0.4 is 0 Å². The molecule has 30 heavy (non-hydrogen) atoms. The maximum Gasteiger partial charge on any atom is 0.243 e. The molecule has 4 rings (SSSR count). The molecule has 0 aromatic heterocycles. The van der Waals surface area contributed by atoms with Gasteiger partial charge >= 0.3 is 0 Å². The molecule has 5 nitrogen and oxygen atoms in total. The molecule has 0 bridgehead atoms. The minimum atomic E-state index is -3.56. The Bertz CT molecular complexity index is 1140. The van der Waals surface area contributed by atoms with Crippen LogP contribution in [0.2, 0.25) is 0 Å². The van der Waals surface area contributed by atoms with Crippen molar-refractivity contribution in [1.82, 2.24) is 9.21 Å². The van der Waals surface area contributed by atoms with Crippen LogP contribution in [-0.2, 0) is 14.8 Å². The van der Waals surface area contributed by atoms with E-state index in [9.17, 15) is 13.2 Å². The summed E-state index contributed by atoms with van der Waals surface area (Å²) >= 11 is 1.50. The van der Waals surface area contributed by atoms with Crippen LogP contribution in [0.5, 0.6) is 0 Å². The summed E-state index contributed by atoms with van der Waals surface area (Å²) in [5.74, 6) is 0. The molecule has 1 atom stereocenters. The van der Waals surface area contributed by atoms with Crippen LogP contribution >= 0.6 is 11.8 Å². The fourth-order valence-corrected chi connectivity index (χ4v) is 6.07. The number of benzene rings is 3. The van der Waals surface area contributed by atoms with E-state index in [0.717, 1.165) is 22.0 Å². The number of fused-ring (bicyclic) bond motifs is 1. The second kappa shape index (κ2) is 8.89. The fourth-order valence-electron chi connectivity index (χ4n) is 3.62. The molecule has 0 aliphatic carbocycles. The van der Waals surface area contributed by atoms with Gasteiger partial charge in [-0.3, -0.25) is 4.90 Å². The van der Waals surface area contributed by atoms with Gasteiger partial charge in [0.05, 0.1) is 4.90 Å². The molecule has 0 amide bonds. The molecule has 7 heteroatoms. The van der Waals surface area contributed by atoms with Crippen LogP contribution in [0.25, 0.3) is 10.8 Å². The van der Waals surface area contributed by atoms with Crippen molar-refractivity contribution in [2.45, 2.75) is 22.1 Å². The summed E-state index contributed by atoms with van der Waals surface area (Å²) in [6.45, 7) is 3.81. The molecule has 156 valence electrons. The van der Waals surface area contributed by atoms with Gasteiger partial charge in [-0.05, 0) is 42.0 Å². The van der Waals surface area contributed by atoms with Crippen molar-refractivity contribution in [1.29, 1.82) is 0 Å². The number of nitrogens with zero attached hydrogens (tertiary/aromatic N) is 2. The molecule has 0 spiro atoms. The van der Waals surface area contributed by atoms with Crippen molar-refractivity contribution < 1.29 is 13.2 Å². The molecular formula is C23H24N2O3S2. The number of aryl methyl sites for hydroxylation is 1. The lowest BCUT2D eigenvalue weighted by atomic mass is 10.1. The third-order valence-corrected chi connectivity index (χ3v) is 8.48. The standard InChI is InChI=1S/C23H24N2O3S2/c1-18-6-9-21(10-7-18)29-23(17-26)24-12-14-25(15-13-24)30(27,28)22-11-8-19-4-2-3-5-20(19)16-22/h2-11,16-17,23H,12-15H2,1H3. The molecule has 3 aromatic rings. The average molecular weight is 441 g/mol. The third-order valence-electron chi connectivity index (χ3n) is 5.39. The highest BCUT2D eigenvalue weighted by molar-refractivity contribution is 8.00. The maximum atomic E-state index is 13.1. The van der Waals surface area contributed by atoms with E-state index >= 15 is 0 Å². The van der Waals surface area contributed by atoms with Crippen molar-refractivity contribution in [3.63, 3.8) is 0 Å². The highest BCUT2D eigenvalue weighted by Gasteiger charge is 2.31. The summed E-state index contributed by atoms with van der Waals surface area (Å²) in [4.78, 5) is 15.1. The molecule has 0 N–H and O–H groups in total. The summed E-state index contributed by atoms with van der Waals surface area (Å²) in [6.07, 6.45) is 0.942. The maximum absolute atomic E-state index is 13.1. The van der Waals surface area contributed by atoms with Gasteiger partial charge in [0, 0.05) is 31.1 Å². The highest BCUT2D eigenvalue weighted by atomic mass is 32.2. The third kappa shape index (κ3) is 4.44. The van der Waals surface area contributed by atoms with Crippen LogP contribution in [-0.4, -0.2) is 55.5 Å². The van der Waals surface area contributed by atoms with Crippen LogP contribution in [0.1, 0.15) is 5.56 Å². The van der Waals surface area contributed by atoms with E-state index < -0.39 is 10.0 Å². The second-order valence-electron chi connectivity index (χ2n) is 7.41. The zero-order valence-electron chi connectivity index (χ0n) is 16.8. The fraction of sp³-hybridized carbons (Fsp3) is 0.261. The molecule has 1 aliphatic heterocycles. The lowest BCUT2D eigenvalue weighted by Gasteiger charge is -2.36. The first-order chi connectivity index (χ1) is 14.5. The summed E-state index contributed by atoms with van der Waals surface area (Å²) in [5, 5.41) is 1.61. The zero-order chi connectivity index (χ0) is 21.1. The Labute approximate surface area is 181 Å². The zero-order valence-corrected chi connectivity index (χ0v) is 18.4. The summed E-state index contributed by atoms with van der Waals surface area (Å²) < 4.78 is 27.8. The van der Waals surface area contributed by atoms with E-state index in [1.165, 1.54) is 21.6 Å². The van der Waals surface area contributed by atoms with Gasteiger partial charge in [0.25, 0.3) is 0 Å². The minimum Gasteiger partial charge on any atom is -0.301 e. The Balaban J connectivity index is 1.44. The van der Waals surface area contributed by atoms with Crippen LogP contribution in [0.15, 0.2) is 76.5 Å². The van der Waals surface area contributed by atoms with Crippen LogP contribution in [0.4, 0.5) is 0 Å². The predicted molar refractivity (Wildman–Crippen MR) is 121 cm³/mol. The lowest BCUT2D eigenvalue weighted by Crippen LogP contribution is -2.51. The number of aldehydes is 1. The Morgan fingerprint density at radius 2 is 1.57 bits per heavy atom. The van der Waals surface area contributed by atoms with Crippen LogP contribution in [0.3, 0.4) is 0 Å². The first kappa shape index (κ1) is 21.1. The van der Waals surface area contributed by atoms with E-state index in [0.29, 0.717) is 31.1 Å². The summed E-state index contributed by atoms with van der Waals surface area (Å²) in [6, 6.07) is 21.1. The van der Waals surface area contributed by atoms with E-state index in [1.807, 2.05) is 66.4 Å². The van der Waals surface area contributed by atoms with Crippen LogP contribution in [0, 0.1) is 6.92 Å². The number of hydrogen-bond acceptors (Lipinski definition) is 5. The molecule has 0 saturated carbocycles.